The Bertz CT molecular complexity index is 485. The Labute approximate surface area is 91.4 Å². The van der Waals surface area contributed by atoms with Crippen LogP contribution in [-0.2, 0) is 0 Å². The van der Waals surface area contributed by atoms with Crippen molar-refractivity contribution in [3.8, 4) is 5.75 Å². The lowest BCUT2D eigenvalue weighted by molar-refractivity contribution is 0.419. The van der Waals surface area contributed by atoms with Crippen molar-refractivity contribution in [2.75, 3.05) is 7.11 Å². The molecule has 0 saturated heterocycles. The Balaban J connectivity index is 2.86. The van der Waals surface area contributed by atoms with Crippen LogP contribution in [0.5, 0.6) is 5.75 Å². The average molecular weight is 228 g/mol. The highest BCUT2D eigenvalue weighted by Crippen LogP contribution is 2.30. The molecule has 0 aliphatic carbocycles. The maximum Gasteiger partial charge on any atom is 0.145 e. The zero-order valence-electron chi connectivity index (χ0n) is 7.42. The fourth-order valence-corrected chi connectivity index (χ4v) is 1.82. The number of nitrogens with zero attached hydrogens (tertiary/aromatic N) is 1. The predicted molar refractivity (Wildman–Crippen MR) is 58.3 cm³/mol. The molecule has 0 aliphatic rings. The van der Waals surface area contributed by atoms with E-state index in [9.17, 15) is 0 Å². The molecule has 2 rings (SSSR count). The molecule has 0 atom stereocenters. The molecule has 0 aliphatic heterocycles. The number of hydrogen-bond donors (Lipinski definition) is 0. The second-order valence-electron chi connectivity index (χ2n) is 2.78. The molecule has 0 unspecified atom stereocenters. The number of fused-ring (bicyclic) bond motifs is 1. The molecular weight excluding hydrogens is 221 g/mol. The third-order valence-electron chi connectivity index (χ3n) is 1.94. The van der Waals surface area contributed by atoms with Gasteiger partial charge in [-0.05, 0) is 12.1 Å². The second kappa shape index (κ2) is 3.64. The number of ether oxygens (including phenoxy) is 1. The SMILES string of the molecule is COc1cccc2c(Cl)cc(Cl)nc12. The van der Waals surface area contributed by atoms with E-state index in [-0.39, 0.29) is 0 Å². The molecule has 1 aromatic heterocycles. The molecule has 1 heterocycles. The van der Waals surface area contributed by atoms with Gasteiger partial charge in [0.25, 0.3) is 0 Å². The lowest BCUT2D eigenvalue weighted by Crippen LogP contribution is -1.88. The van der Waals surface area contributed by atoms with Crippen LogP contribution in [0.3, 0.4) is 0 Å². The lowest BCUT2D eigenvalue weighted by atomic mass is 10.2. The Morgan fingerprint density at radius 1 is 1.29 bits per heavy atom. The van der Waals surface area contributed by atoms with Crippen LogP contribution in [0.4, 0.5) is 0 Å². The number of para-hydroxylation sites is 1. The van der Waals surface area contributed by atoms with E-state index in [2.05, 4.69) is 4.98 Å². The molecule has 72 valence electrons. The minimum Gasteiger partial charge on any atom is -0.494 e. The van der Waals surface area contributed by atoms with Crippen molar-refractivity contribution in [3.05, 3.63) is 34.4 Å². The molecule has 2 nitrogen and oxygen atoms in total. The van der Waals surface area contributed by atoms with Crippen LogP contribution < -0.4 is 4.74 Å². The van der Waals surface area contributed by atoms with Crippen LogP contribution in [0.15, 0.2) is 24.3 Å². The molecule has 0 fully saturated rings. The van der Waals surface area contributed by atoms with Crippen molar-refractivity contribution >= 4 is 34.1 Å². The number of rotatable bonds is 1. The first-order valence-electron chi connectivity index (χ1n) is 4.01. The maximum absolute atomic E-state index is 6.01. The zero-order chi connectivity index (χ0) is 10.1. The van der Waals surface area contributed by atoms with Gasteiger partial charge in [-0.25, -0.2) is 4.98 Å². The van der Waals surface area contributed by atoms with E-state index in [1.54, 1.807) is 13.2 Å². The molecule has 2 aromatic rings. The molecule has 0 bridgehead atoms. The summed E-state index contributed by atoms with van der Waals surface area (Å²) in [5, 5.41) is 1.79. The van der Waals surface area contributed by atoms with Gasteiger partial charge in [0, 0.05) is 5.39 Å². The van der Waals surface area contributed by atoms with Gasteiger partial charge in [-0.3, -0.25) is 0 Å². The van der Waals surface area contributed by atoms with Crippen molar-refractivity contribution in [2.24, 2.45) is 0 Å². The van der Waals surface area contributed by atoms with Gasteiger partial charge in [0.2, 0.25) is 0 Å². The third-order valence-corrected chi connectivity index (χ3v) is 2.45. The van der Waals surface area contributed by atoms with E-state index in [0.717, 1.165) is 5.39 Å². The quantitative estimate of drug-likeness (QED) is 0.696. The summed E-state index contributed by atoms with van der Waals surface area (Å²) in [5.74, 6) is 0.673. The second-order valence-corrected chi connectivity index (χ2v) is 3.58. The first-order valence-corrected chi connectivity index (χ1v) is 4.76. The molecular formula is C10H7Cl2NO. The summed E-state index contributed by atoms with van der Waals surface area (Å²) >= 11 is 11.8. The molecule has 4 heteroatoms. The smallest absolute Gasteiger partial charge is 0.145 e. The van der Waals surface area contributed by atoms with Gasteiger partial charge >= 0.3 is 0 Å². The molecule has 0 radical (unpaired) electrons. The van der Waals surface area contributed by atoms with Crippen LogP contribution in [0, 0.1) is 0 Å². The molecule has 0 amide bonds. The molecule has 0 N–H and O–H groups in total. The van der Waals surface area contributed by atoms with Gasteiger partial charge in [0.1, 0.15) is 16.4 Å². The fraction of sp³-hybridized carbons (Fsp3) is 0.100. The first kappa shape index (κ1) is 9.56. The van der Waals surface area contributed by atoms with Gasteiger partial charge in [-0.15, -0.1) is 0 Å². The van der Waals surface area contributed by atoms with E-state index in [1.807, 2.05) is 18.2 Å². The Hall–Kier alpha value is -0.990. The highest BCUT2D eigenvalue weighted by Gasteiger charge is 2.06. The van der Waals surface area contributed by atoms with Crippen molar-refractivity contribution < 1.29 is 4.74 Å². The highest BCUT2D eigenvalue weighted by atomic mass is 35.5. The average Bonchev–Trinajstić information content (AvgIpc) is 2.17. The monoisotopic (exact) mass is 227 g/mol. The summed E-state index contributed by atoms with van der Waals surface area (Å²) in [5.41, 5.74) is 0.688. The number of benzene rings is 1. The van der Waals surface area contributed by atoms with E-state index >= 15 is 0 Å². The van der Waals surface area contributed by atoms with Crippen LogP contribution in [-0.4, -0.2) is 12.1 Å². The van der Waals surface area contributed by atoms with E-state index in [0.29, 0.717) is 21.4 Å². The number of halogens is 2. The Morgan fingerprint density at radius 3 is 2.79 bits per heavy atom. The molecule has 1 aromatic carbocycles. The first-order chi connectivity index (χ1) is 6.72. The topological polar surface area (TPSA) is 22.1 Å². The van der Waals surface area contributed by atoms with Crippen LogP contribution in [0.2, 0.25) is 10.2 Å². The van der Waals surface area contributed by atoms with Gasteiger partial charge in [-0.1, -0.05) is 35.3 Å². The maximum atomic E-state index is 6.01. The minimum absolute atomic E-state index is 0.368. The molecule has 14 heavy (non-hydrogen) atoms. The van der Waals surface area contributed by atoms with Crippen LogP contribution in [0.1, 0.15) is 0 Å². The van der Waals surface area contributed by atoms with Gasteiger partial charge in [-0.2, -0.15) is 0 Å². The van der Waals surface area contributed by atoms with Crippen molar-refractivity contribution in [1.82, 2.24) is 4.98 Å². The lowest BCUT2D eigenvalue weighted by Gasteiger charge is -2.05. The summed E-state index contributed by atoms with van der Waals surface area (Å²) in [6.07, 6.45) is 0. The number of aromatic nitrogens is 1. The summed E-state index contributed by atoms with van der Waals surface area (Å²) in [6.45, 7) is 0. The van der Waals surface area contributed by atoms with Crippen LogP contribution in [0.25, 0.3) is 10.9 Å². The summed E-state index contributed by atoms with van der Waals surface area (Å²) < 4.78 is 5.16. The summed E-state index contributed by atoms with van der Waals surface area (Å²) in [4.78, 5) is 4.16. The fourth-order valence-electron chi connectivity index (χ4n) is 1.32. The Morgan fingerprint density at radius 2 is 2.07 bits per heavy atom. The van der Waals surface area contributed by atoms with Crippen LogP contribution >= 0.6 is 23.2 Å². The largest absolute Gasteiger partial charge is 0.494 e. The highest BCUT2D eigenvalue weighted by molar-refractivity contribution is 6.37. The number of methoxy groups -OCH3 is 1. The molecule has 0 spiro atoms. The van der Waals surface area contributed by atoms with E-state index in [1.165, 1.54) is 0 Å². The van der Waals surface area contributed by atoms with Crippen molar-refractivity contribution in [1.29, 1.82) is 0 Å². The predicted octanol–water partition coefficient (Wildman–Crippen LogP) is 3.55. The third kappa shape index (κ3) is 1.51. The minimum atomic E-state index is 0.368. The van der Waals surface area contributed by atoms with Crippen molar-refractivity contribution in [3.63, 3.8) is 0 Å². The normalized spacial score (nSPS) is 10.5. The summed E-state index contributed by atoms with van der Waals surface area (Å²) in [7, 11) is 1.59. The van der Waals surface area contributed by atoms with E-state index < -0.39 is 0 Å². The summed E-state index contributed by atoms with van der Waals surface area (Å²) in [6, 6.07) is 7.18. The standard InChI is InChI=1S/C10H7Cl2NO/c1-14-8-4-2-3-6-7(11)5-9(12)13-10(6)8/h2-5H,1H3. The van der Waals surface area contributed by atoms with Crippen molar-refractivity contribution in [2.45, 2.75) is 0 Å². The number of pyridine rings is 1. The Kier molecular flexibility index (Phi) is 2.48. The number of hydrogen-bond acceptors (Lipinski definition) is 2. The molecule has 0 saturated carbocycles. The van der Waals surface area contributed by atoms with E-state index in [4.69, 9.17) is 27.9 Å². The van der Waals surface area contributed by atoms with Gasteiger partial charge < -0.3 is 4.74 Å². The van der Waals surface area contributed by atoms with Gasteiger partial charge in [0.05, 0.1) is 12.1 Å². The zero-order valence-corrected chi connectivity index (χ0v) is 8.93. The van der Waals surface area contributed by atoms with Gasteiger partial charge in [0.15, 0.2) is 0 Å².